The van der Waals surface area contributed by atoms with Crippen molar-refractivity contribution in [2.45, 2.75) is 77.4 Å². The smallest absolute Gasteiger partial charge is 0.220 e. The van der Waals surface area contributed by atoms with Gasteiger partial charge in [0.2, 0.25) is 5.91 Å². The first-order valence-corrected chi connectivity index (χ1v) is 9.77. The van der Waals surface area contributed by atoms with Gasteiger partial charge in [-0.1, -0.05) is 19.8 Å². The van der Waals surface area contributed by atoms with Gasteiger partial charge in [-0.2, -0.15) is 0 Å². The molecule has 3 rings (SSSR count). The van der Waals surface area contributed by atoms with Crippen LogP contribution in [0.25, 0.3) is 0 Å². The Morgan fingerprint density at radius 3 is 2.71 bits per heavy atom. The first kappa shape index (κ1) is 20.0. The quantitative estimate of drug-likeness (QED) is 0.766. The molecular weight excluding hydrogens is 324 g/mol. The highest BCUT2D eigenvalue weighted by Gasteiger charge is 2.57. The Labute approximate surface area is 153 Å². The fourth-order valence-electron chi connectivity index (χ4n) is 5.17. The van der Waals surface area contributed by atoms with Crippen molar-refractivity contribution in [2.75, 3.05) is 19.7 Å². The summed E-state index contributed by atoms with van der Waals surface area (Å²) in [6.07, 6.45) is 9.62. The zero-order valence-corrected chi connectivity index (χ0v) is 16.1. The van der Waals surface area contributed by atoms with Crippen LogP contribution in [-0.4, -0.2) is 37.7 Å². The lowest BCUT2D eigenvalue weighted by Gasteiger charge is -2.54. The maximum Gasteiger partial charge on any atom is 0.220 e. The van der Waals surface area contributed by atoms with Crippen molar-refractivity contribution in [1.29, 1.82) is 0 Å². The molecule has 1 aliphatic heterocycles. The van der Waals surface area contributed by atoms with Crippen LogP contribution in [-0.2, 0) is 9.53 Å². The van der Waals surface area contributed by atoms with E-state index in [4.69, 9.17) is 4.74 Å². The van der Waals surface area contributed by atoms with Crippen molar-refractivity contribution in [3.8, 4) is 0 Å². The standard InChI is InChI=1S/C19H34N2O2.ClH/c1-3-23-17-12-16(19(17)8-4-5-9-19)21-18(22)11-14(2)15-7-6-10-20-13-15;/h14-17,20H,3-13H2,1-2H3,(H,21,22);1H. The number of halogens is 1. The van der Waals surface area contributed by atoms with Crippen LogP contribution in [0, 0.1) is 17.3 Å². The van der Waals surface area contributed by atoms with E-state index in [0.717, 1.165) is 26.1 Å². The highest BCUT2D eigenvalue weighted by atomic mass is 35.5. The van der Waals surface area contributed by atoms with Crippen molar-refractivity contribution in [3.05, 3.63) is 0 Å². The van der Waals surface area contributed by atoms with Gasteiger partial charge in [0.1, 0.15) is 0 Å². The van der Waals surface area contributed by atoms with Gasteiger partial charge in [-0.3, -0.25) is 4.79 Å². The monoisotopic (exact) mass is 358 g/mol. The van der Waals surface area contributed by atoms with Gasteiger partial charge in [0.15, 0.2) is 0 Å². The van der Waals surface area contributed by atoms with E-state index >= 15 is 0 Å². The number of ether oxygens (including phenoxy) is 1. The summed E-state index contributed by atoms with van der Waals surface area (Å²) in [7, 11) is 0. The van der Waals surface area contributed by atoms with Crippen LogP contribution in [0.1, 0.15) is 65.2 Å². The zero-order valence-electron chi connectivity index (χ0n) is 15.3. The van der Waals surface area contributed by atoms with Crippen LogP contribution in [0.5, 0.6) is 0 Å². The van der Waals surface area contributed by atoms with E-state index < -0.39 is 0 Å². The molecule has 2 saturated carbocycles. The molecule has 4 nitrogen and oxygen atoms in total. The molecule has 0 bridgehead atoms. The highest BCUT2D eigenvalue weighted by Crippen LogP contribution is 2.54. The van der Waals surface area contributed by atoms with Crippen molar-refractivity contribution in [2.24, 2.45) is 17.3 Å². The summed E-state index contributed by atoms with van der Waals surface area (Å²) < 4.78 is 5.94. The molecule has 3 fully saturated rings. The SMILES string of the molecule is CCOC1CC(NC(=O)CC(C)C2CCCNC2)C12CCCC2.Cl. The molecule has 4 atom stereocenters. The van der Waals surface area contributed by atoms with Gasteiger partial charge >= 0.3 is 0 Å². The average molecular weight is 359 g/mol. The van der Waals surface area contributed by atoms with Crippen LogP contribution in [0.4, 0.5) is 0 Å². The average Bonchev–Trinajstić information content (AvgIpc) is 3.07. The summed E-state index contributed by atoms with van der Waals surface area (Å²) in [5.41, 5.74) is 0.251. The van der Waals surface area contributed by atoms with Gasteiger partial charge in [-0.15, -0.1) is 12.4 Å². The number of hydrogen-bond acceptors (Lipinski definition) is 3. The molecule has 3 aliphatic rings. The van der Waals surface area contributed by atoms with Gasteiger partial charge < -0.3 is 15.4 Å². The number of carbonyl (C=O) groups is 1. The van der Waals surface area contributed by atoms with Crippen LogP contribution in [0.15, 0.2) is 0 Å². The second-order valence-corrected chi connectivity index (χ2v) is 8.03. The minimum absolute atomic E-state index is 0. The van der Waals surface area contributed by atoms with E-state index in [-0.39, 0.29) is 23.7 Å². The molecule has 140 valence electrons. The fraction of sp³-hybridized carbons (Fsp3) is 0.947. The lowest BCUT2D eigenvalue weighted by molar-refractivity contribution is -0.144. The lowest BCUT2D eigenvalue weighted by Crippen LogP contribution is -2.63. The molecule has 1 spiro atoms. The summed E-state index contributed by atoms with van der Waals surface area (Å²) in [5.74, 6) is 1.40. The second-order valence-electron chi connectivity index (χ2n) is 8.03. The van der Waals surface area contributed by atoms with Gasteiger partial charge in [0, 0.05) is 24.5 Å². The number of nitrogens with one attached hydrogen (secondary N) is 2. The summed E-state index contributed by atoms with van der Waals surface area (Å²) in [4.78, 5) is 12.5. The predicted molar refractivity (Wildman–Crippen MR) is 99.5 cm³/mol. The Morgan fingerprint density at radius 1 is 1.33 bits per heavy atom. The molecule has 24 heavy (non-hydrogen) atoms. The van der Waals surface area contributed by atoms with E-state index in [0.29, 0.717) is 30.4 Å². The molecule has 1 saturated heterocycles. The lowest BCUT2D eigenvalue weighted by atomic mass is 9.60. The van der Waals surface area contributed by atoms with E-state index in [1.165, 1.54) is 38.5 Å². The molecule has 1 heterocycles. The molecule has 2 N–H and O–H groups in total. The summed E-state index contributed by atoms with van der Waals surface area (Å²) >= 11 is 0. The Bertz CT molecular complexity index is 406. The Hall–Kier alpha value is -0.320. The van der Waals surface area contributed by atoms with Gasteiger partial charge in [-0.25, -0.2) is 0 Å². The number of amides is 1. The van der Waals surface area contributed by atoms with Crippen LogP contribution >= 0.6 is 12.4 Å². The van der Waals surface area contributed by atoms with E-state index in [1.807, 2.05) is 0 Å². The third kappa shape index (κ3) is 4.08. The highest BCUT2D eigenvalue weighted by molar-refractivity contribution is 5.85. The molecule has 1 amide bonds. The number of hydrogen-bond donors (Lipinski definition) is 2. The number of rotatable bonds is 6. The first-order chi connectivity index (χ1) is 11.2. The van der Waals surface area contributed by atoms with Crippen molar-refractivity contribution >= 4 is 18.3 Å². The topological polar surface area (TPSA) is 50.4 Å². The van der Waals surface area contributed by atoms with E-state index in [2.05, 4.69) is 24.5 Å². The summed E-state index contributed by atoms with van der Waals surface area (Å²) in [6.45, 7) is 7.33. The molecule has 0 aromatic carbocycles. The minimum Gasteiger partial charge on any atom is -0.378 e. The predicted octanol–water partition coefficient (Wildman–Crippen LogP) is 3.29. The Kier molecular flexibility index (Phi) is 7.39. The van der Waals surface area contributed by atoms with Crippen molar-refractivity contribution in [1.82, 2.24) is 10.6 Å². The van der Waals surface area contributed by atoms with Crippen molar-refractivity contribution in [3.63, 3.8) is 0 Å². The molecular formula is C19H35ClN2O2. The minimum atomic E-state index is 0. The second kappa shape index (κ2) is 8.86. The summed E-state index contributed by atoms with van der Waals surface area (Å²) in [5, 5.41) is 6.83. The van der Waals surface area contributed by atoms with Crippen LogP contribution < -0.4 is 10.6 Å². The molecule has 0 radical (unpaired) electrons. The largest absolute Gasteiger partial charge is 0.378 e. The Balaban J connectivity index is 0.00000208. The van der Waals surface area contributed by atoms with Crippen LogP contribution in [0.2, 0.25) is 0 Å². The van der Waals surface area contributed by atoms with Gasteiger partial charge in [0.25, 0.3) is 0 Å². The van der Waals surface area contributed by atoms with Crippen molar-refractivity contribution < 1.29 is 9.53 Å². The molecule has 5 heteroatoms. The normalized spacial score (nSPS) is 32.7. The fourth-order valence-corrected chi connectivity index (χ4v) is 5.17. The van der Waals surface area contributed by atoms with E-state index in [1.54, 1.807) is 0 Å². The Morgan fingerprint density at radius 2 is 2.08 bits per heavy atom. The number of carbonyl (C=O) groups excluding carboxylic acids is 1. The van der Waals surface area contributed by atoms with Gasteiger partial charge in [0.05, 0.1) is 6.10 Å². The molecule has 0 aromatic rings. The molecule has 2 aliphatic carbocycles. The zero-order chi connectivity index (χ0) is 16.3. The third-order valence-corrected chi connectivity index (χ3v) is 6.67. The number of piperidine rings is 1. The van der Waals surface area contributed by atoms with E-state index in [9.17, 15) is 4.79 Å². The van der Waals surface area contributed by atoms with Gasteiger partial charge in [-0.05, 0) is 64.0 Å². The maximum absolute atomic E-state index is 12.5. The molecule has 0 aromatic heterocycles. The van der Waals surface area contributed by atoms with Crippen LogP contribution in [0.3, 0.4) is 0 Å². The first-order valence-electron chi connectivity index (χ1n) is 9.77. The molecule has 4 unspecified atom stereocenters. The maximum atomic E-state index is 12.5. The summed E-state index contributed by atoms with van der Waals surface area (Å²) in [6, 6.07) is 0.353. The third-order valence-electron chi connectivity index (χ3n) is 6.67.